The van der Waals surface area contributed by atoms with E-state index in [1.165, 1.54) is 27.3 Å². The summed E-state index contributed by atoms with van der Waals surface area (Å²) in [5.41, 5.74) is 9.17. The highest BCUT2D eigenvalue weighted by molar-refractivity contribution is 5.68. The van der Waals surface area contributed by atoms with Crippen LogP contribution >= 0.6 is 0 Å². The summed E-state index contributed by atoms with van der Waals surface area (Å²) in [6.07, 6.45) is 2.83. The summed E-state index contributed by atoms with van der Waals surface area (Å²) in [5, 5.41) is 4.71. The molecule has 0 bridgehead atoms. The Kier molecular flexibility index (Phi) is 4.58. The van der Waals surface area contributed by atoms with Crippen molar-refractivity contribution in [2.24, 2.45) is 0 Å². The first kappa shape index (κ1) is 19.4. The molecule has 6 nitrogen and oxygen atoms in total. The molecule has 31 heavy (non-hydrogen) atoms. The summed E-state index contributed by atoms with van der Waals surface area (Å²) in [4.78, 5) is 24.1. The second-order valence-corrected chi connectivity index (χ2v) is 8.36. The van der Waals surface area contributed by atoms with Crippen molar-refractivity contribution in [3.8, 4) is 11.1 Å². The average molecular weight is 412 g/mol. The van der Waals surface area contributed by atoms with Crippen molar-refractivity contribution in [1.82, 2.24) is 19.6 Å². The number of hydrogen-bond acceptors (Lipinski definition) is 5. The fourth-order valence-electron chi connectivity index (χ4n) is 4.39. The Morgan fingerprint density at radius 2 is 1.81 bits per heavy atom. The van der Waals surface area contributed by atoms with E-state index >= 15 is 0 Å². The summed E-state index contributed by atoms with van der Waals surface area (Å²) in [6.45, 7) is 9.57. The lowest BCUT2D eigenvalue weighted by molar-refractivity contribution is 0.684. The number of fused-ring (bicyclic) bond motifs is 2. The van der Waals surface area contributed by atoms with Gasteiger partial charge in [-0.1, -0.05) is 24.3 Å². The van der Waals surface area contributed by atoms with Gasteiger partial charge in [0, 0.05) is 59.9 Å². The second kappa shape index (κ2) is 7.30. The zero-order chi connectivity index (χ0) is 21.7. The van der Waals surface area contributed by atoms with Crippen molar-refractivity contribution in [2.45, 2.75) is 40.7 Å². The Morgan fingerprint density at radius 1 is 1.00 bits per heavy atom. The van der Waals surface area contributed by atoms with Crippen LogP contribution in [0.3, 0.4) is 0 Å². The first-order valence-corrected chi connectivity index (χ1v) is 10.6. The predicted molar refractivity (Wildman–Crippen MR) is 123 cm³/mol. The Morgan fingerprint density at radius 3 is 2.61 bits per heavy atom. The smallest absolute Gasteiger partial charge is 0.274 e. The van der Waals surface area contributed by atoms with Crippen LogP contribution in [0.1, 0.15) is 33.6 Å². The molecule has 4 aromatic rings. The van der Waals surface area contributed by atoms with Crippen molar-refractivity contribution in [3.63, 3.8) is 0 Å². The van der Waals surface area contributed by atoms with Gasteiger partial charge < -0.3 is 4.90 Å². The van der Waals surface area contributed by atoms with Gasteiger partial charge >= 0.3 is 0 Å². The number of benzene rings is 1. The number of aryl methyl sites for hydroxylation is 3. The van der Waals surface area contributed by atoms with Gasteiger partial charge in [0.1, 0.15) is 0 Å². The SMILES string of the molecule is Cc1cc(=O)n2nc(N3CCc4ncc(-c5ccccc5C)cc4C3)c(C)c(C)c2n1. The fourth-order valence-corrected chi connectivity index (χ4v) is 4.39. The van der Waals surface area contributed by atoms with E-state index in [0.717, 1.165) is 47.7 Å². The van der Waals surface area contributed by atoms with E-state index in [1.807, 2.05) is 20.0 Å². The molecule has 0 radical (unpaired) electrons. The van der Waals surface area contributed by atoms with E-state index < -0.39 is 0 Å². The lowest BCUT2D eigenvalue weighted by atomic mass is 9.97. The van der Waals surface area contributed by atoms with Crippen molar-refractivity contribution in [1.29, 1.82) is 0 Å². The highest BCUT2D eigenvalue weighted by Crippen LogP contribution is 2.30. The molecule has 5 rings (SSSR count). The van der Waals surface area contributed by atoms with Crippen LogP contribution in [0.2, 0.25) is 0 Å². The van der Waals surface area contributed by atoms with E-state index in [9.17, 15) is 4.79 Å². The van der Waals surface area contributed by atoms with Gasteiger partial charge in [-0.15, -0.1) is 5.10 Å². The minimum Gasteiger partial charge on any atom is -0.350 e. The largest absolute Gasteiger partial charge is 0.350 e. The Labute approximate surface area is 181 Å². The summed E-state index contributed by atoms with van der Waals surface area (Å²) in [5.74, 6) is 0.838. The van der Waals surface area contributed by atoms with Crippen LogP contribution in [0.4, 0.5) is 5.82 Å². The van der Waals surface area contributed by atoms with Gasteiger partial charge in [-0.2, -0.15) is 4.52 Å². The molecule has 0 unspecified atom stereocenters. The van der Waals surface area contributed by atoms with Crippen molar-refractivity contribution >= 4 is 11.5 Å². The quantitative estimate of drug-likeness (QED) is 0.500. The Hall–Kier alpha value is -3.54. The Balaban J connectivity index is 1.57. The molecule has 1 aromatic carbocycles. The van der Waals surface area contributed by atoms with Crippen LogP contribution in [0, 0.1) is 27.7 Å². The van der Waals surface area contributed by atoms with Crippen LogP contribution in [-0.2, 0) is 13.0 Å². The highest BCUT2D eigenvalue weighted by atomic mass is 16.1. The van der Waals surface area contributed by atoms with Crippen molar-refractivity contribution in [2.75, 3.05) is 11.4 Å². The number of aromatic nitrogens is 4. The van der Waals surface area contributed by atoms with E-state index in [0.29, 0.717) is 11.3 Å². The topological polar surface area (TPSA) is 63.4 Å². The summed E-state index contributed by atoms with van der Waals surface area (Å²) < 4.78 is 1.43. The van der Waals surface area contributed by atoms with Crippen LogP contribution < -0.4 is 10.5 Å². The van der Waals surface area contributed by atoms with E-state index in [-0.39, 0.29) is 5.56 Å². The standard InChI is InChI=1S/C25H25N5O/c1-15-7-5-6-8-21(15)19-12-20-14-29(10-9-22(20)26-13-19)25-18(4)17(3)24-27-16(2)11-23(31)30(24)28-25/h5-8,11-13H,9-10,14H2,1-4H3. The number of rotatable bonds is 2. The molecular formula is C25H25N5O. The number of pyridine rings is 1. The molecule has 4 heterocycles. The molecule has 0 saturated heterocycles. The van der Waals surface area contributed by atoms with Gasteiger partial charge in [-0.3, -0.25) is 9.78 Å². The monoisotopic (exact) mass is 411 g/mol. The Bertz CT molecular complexity index is 1390. The number of anilines is 1. The molecule has 0 spiro atoms. The molecule has 156 valence electrons. The maximum atomic E-state index is 12.6. The zero-order valence-corrected chi connectivity index (χ0v) is 18.3. The van der Waals surface area contributed by atoms with Crippen LogP contribution in [0.15, 0.2) is 47.4 Å². The molecular weight excluding hydrogens is 386 g/mol. The third-order valence-electron chi connectivity index (χ3n) is 6.25. The van der Waals surface area contributed by atoms with Gasteiger partial charge in [0.25, 0.3) is 5.56 Å². The molecule has 0 aliphatic carbocycles. The van der Waals surface area contributed by atoms with Crippen molar-refractivity contribution in [3.05, 3.63) is 86.6 Å². The number of nitrogens with zero attached hydrogens (tertiary/aromatic N) is 5. The maximum Gasteiger partial charge on any atom is 0.274 e. The second-order valence-electron chi connectivity index (χ2n) is 8.36. The van der Waals surface area contributed by atoms with E-state index in [2.05, 4.69) is 54.1 Å². The maximum absolute atomic E-state index is 12.6. The molecule has 1 aliphatic rings. The van der Waals surface area contributed by atoms with Gasteiger partial charge in [0.15, 0.2) is 11.5 Å². The minimum atomic E-state index is -0.146. The highest BCUT2D eigenvalue weighted by Gasteiger charge is 2.23. The predicted octanol–water partition coefficient (Wildman–Crippen LogP) is 3.95. The molecule has 6 heteroatoms. The molecule has 1 aliphatic heterocycles. The van der Waals surface area contributed by atoms with Gasteiger partial charge in [-0.25, -0.2) is 4.98 Å². The van der Waals surface area contributed by atoms with E-state index in [1.54, 1.807) is 0 Å². The average Bonchev–Trinajstić information content (AvgIpc) is 2.76. The third kappa shape index (κ3) is 3.28. The first-order chi connectivity index (χ1) is 14.9. The summed E-state index contributed by atoms with van der Waals surface area (Å²) >= 11 is 0. The normalized spacial score (nSPS) is 13.5. The molecule has 0 fully saturated rings. The molecule has 0 saturated carbocycles. The number of hydrogen-bond donors (Lipinski definition) is 0. The lowest BCUT2D eigenvalue weighted by Crippen LogP contribution is -2.34. The molecule has 0 amide bonds. The fraction of sp³-hybridized carbons (Fsp3) is 0.280. The molecule has 3 aromatic heterocycles. The van der Waals surface area contributed by atoms with Gasteiger partial charge in [0.05, 0.1) is 0 Å². The minimum absolute atomic E-state index is 0.146. The van der Waals surface area contributed by atoms with E-state index in [4.69, 9.17) is 10.1 Å². The molecule has 0 N–H and O–H groups in total. The summed E-state index contributed by atoms with van der Waals surface area (Å²) in [6, 6.07) is 12.2. The van der Waals surface area contributed by atoms with Gasteiger partial charge in [-0.05, 0) is 50.5 Å². The molecule has 0 atom stereocenters. The first-order valence-electron chi connectivity index (χ1n) is 10.6. The lowest BCUT2D eigenvalue weighted by Gasteiger charge is -2.31. The van der Waals surface area contributed by atoms with Crippen LogP contribution in [0.5, 0.6) is 0 Å². The third-order valence-corrected chi connectivity index (χ3v) is 6.25. The van der Waals surface area contributed by atoms with Crippen LogP contribution in [0.25, 0.3) is 16.8 Å². The zero-order valence-electron chi connectivity index (χ0n) is 18.3. The van der Waals surface area contributed by atoms with Gasteiger partial charge in [0.2, 0.25) is 0 Å². The van der Waals surface area contributed by atoms with Crippen LogP contribution in [-0.4, -0.2) is 26.1 Å². The van der Waals surface area contributed by atoms with Crippen molar-refractivity contribution < 1.29 is 0 Å². The summed E-state index contributed by atoms with van der Waals surface area (Å²) in [7, 11) is 0.